The first-order chi connectivity index (χ1) is 15.4. The minimum absolute atomic E-state index is 0.00221. The monoisotopic (exact) mass is 458 g/mol. The Labute approximate surface area is 190 Å². The zero-order valence-electron chi connectivity index (χ0n) is 18.8. The van der Waals surface area contributed by atoms with Crippen LogP contribution < -0.4 is 9.47 Å². The molecule has 0 saturated heterocycles. The lowest BCUT2D eigenvalue weighted by Crippen LogP contribution is -2.16. The van der Waals surface area contributed by atoms with Gasteiger partial charge in [-0.2, -0.15) is 0 Å². The quantitative estimate of drug-likeness (QED) is 0.445. The molecule has 0 atom stereocenters. The Balaban J connectivity index is 1.66. The standard InChI is InChI=1S/C23H26N2O6S/c1-6-30-23(27)18-10-14(2)25(15(18)3)11-20(26)31-12-16-13-32-22(24-16)17-8-7-9-19(28-4)21(17)29-5/h7-10,13H,6,11-12H2,1-5H3. The maximum Gasteiger partial charge on any atom is 0.339 e. The predicted octanol–water partition coefficient (Wildman–Crippen LogP) is 4.17. The topological polar surface area (TPSA) is 88.9 Å². The lowest BCUT2D eigenvalue weighted by atomic mass is 10.2. The van der Waals surface area contributed by atoms with Gasteiger partial charge in [-0.25, -0.2) is 9.78 Å². The largest absolute Gasteiger partial charge is 0.493 e. The van der Waals surface area contributed by atoms with Crippen LogP contribution in [0.3, 0.4) is 0 Å². The van der Waals surface area contributed by atoms with E-state index in [2.05, 4.69) is 4.98 Å². The number of thiazole rings is 1. The van der Waals surface area contributed by atoms with Crippen LogP contribution in [-0.2, 0) is 27.4 Å². The third-order valence-corrected chi connectivity index (χ3v) is 5.85. The number of rotatable bonds is 9. The minimum Gasteiger partial charge on any atom is -0.493 e. The summed E-state index contributed by atoms with van der Waals surface area (Å²) in [6, 6.07) is 7.30. The van der Waals surface area contributed by atoms with Crippen LogP contribution in [0.2, 0.25) is 0 Å². The Morgan fingerprint density at radius 3 is 2.59 bits per heavy atom. The molecule has 2 aromatic heterocycles. The summed E-state index contributed by atoms with van der Waals surface area (Å²) in [6.45, 7) is 5.70. The number of nitrogens with zero attached hydrogens (tertiary/aromatic N) is 2. The van der Waals surface area contributed by atoms with Crippen LogP contribution in [0.15, 0.2) is 29.6 Å². The molecular formula is C23H26N2O6S. The molecule has 0 radical (unpaired) electrons. The van der Waals surface area contributed by atoms with Gasteiger partial charge in [0.25, 0.3) is 0 Å². The van der Waals surface area contributed by atoms with E-state index in [9.17, 15) is 9.59 Å². The average Bonchev–Trinajstić information content (AvgIpc) is 3.37. The summed E-state index contributed by atoms with van der Waals surface area (Å²) in [7, 11) is 3.16. The summed E-state index contributed by atoms with van der Waals surface area (Å²) < 4.78 is 23.0. The van der Waals surface area contributed by atoms with E-state index in [0.717, 1.165) is 16.3 Å². The normalized spacial score (nSPS) is 10.7. The molecule has 1 aromatic carbocycles. The summed E-state index contributed by atoms with van der Waals surface area (Å²) in [4.78, 5) is 29.1. The Hall–Kier alpha value is -3.33. The number of para-hydroxylation sites is 1. The van der Waals surface area contributed by atoms with Gasteiger partial charge >= 0.3 is 11.9 Å². The van der Waals surface area contributed by atoms with E-state index in [-0.39, 0.29) is 13.2 Å². The lowest BCUT2D eigenvalue weighted by molar-refractivity contribution is -0.145. The molecule has 0 fully saturated rings. The van der Waals surface area contributed by atoms with Crippen LogP contribution in [0, 0.1) is 13.8 Å². The van der Waals surface area contributed by atoms with Gasteiger partial charge in [0.15, 0.2) is 11.5 Å². The fourth-order valence-electron chi connectivity index (χ4n) is 3.34. The molecule has 32 heavy (non-hydrogen) atoms. The highest BCUT2D eigenvalue weighted by Crippen LogP contribution is 2.39. The number of esters is 2. The van der Waals surface area contributed by atoms with Crippen LogP contribution in [0.25, 0.3) is 10.6 Å². The van der Waals surface area contributed by atoms with Crippen molar-refractivity contribution in [2.24, 2.45) is 0 Å². The van der Waals surface area contributed by atoms with E-state index in [1.165, 1.54) is 11.3 Å². The molecule has 0 aliphatic carbocycles. The average molecular weight is 459 g/mol. The van der Waals surface area contributed by atoms with Crippen LogP contribution in [0.5, 0.6) is 11.5 Å². The number of methoxy groups -OCH3 is 2. The maximum atomic E-state index is 12.4. The molecule has 0 saturated carbocycles. The number of hydrogen-bond donors (Lipinski definition) is 0. The Morgan fingerprint density at radius 2 is 1.91 bits per heavy atom. The first-order valence-electron chi connectivity index (χ1n) is 10.0. The van der Waals surface area contributed by atoms with Crippen molar-refractivity contribution in [3.63, 3.8) is 0 Å². The number of hydrogen-bond acceptors (Lipinski definition) is 8. The van der Waals surface area contributed by atoms with Crippen molar-refractivity contribution < 1.29 is 28.5 Å². The Morgan fingerprint density at radius 1 is 1.12 bits per heavy atom. The smallest absolute Gasteiger partial charge is 0.339 e. The lowest BCUT2D eigenvalue weighted by Gasteiger charge is -2.10. The van der Waals surface area contributed by atoms with Gasteiger partial charge in [-0.1, -0.05) is 6.07 Å². The fourth-order valence-corrected chi connectivity index (χ4v) is 4.17. The van der Waals surface area contributed by atoms with Crippen molar-refractivity contribution in [3.8, 4) is 22.1 Å². The molecular weight excluding hydrogens is 432 g/mol. The number of benzene rings is 1. The van der Waals surface area contributed by atoms with Gasteiger partial charge in [0.2, 0.25) is 0 Å². The molecule has 0 spiro atoms. The maximum absolute atomic E-state index is 12.4. The molecule has 0 amide bonds. The molecule has 3 aromatic rings. The summed E-state index contributed by atoms with van der Waals surface area (Å²) in [5.74, 6) is 0.399. The second-order valence-corrected chi connectivity index (χ2v) is 7.80. The van der Waals surface area contributed by atoms with Crippen molar-refractivity contribution in [1.29, 1.82) is 0 Å². The fraction of sp³-hybridized carbons (Fsp3) is 0.348. The van der Waals surface area contributed by atoms with Gasteiger partial charge in [0.1, 0.15) is 18.2 Å². The molecule has 3 rings (SSSR count). The van der Waals surface area contributed by atoms with Crippen LogP contribution >= 0.6 is 11.3 Å². The summed E-state index contributed by atoms with van der Waals surface area (Å²) in [5.41, 5.74) is 3.34. The van der Waals surface area contributed by atoms with Gasteiger partial charge in [0.05, 0.1) is 37.6 Å². The highest BCUT2D eigenvalue weighted by atomic mass is 32.1. The highest BCUT2D eigenvalue weighted by molar-refractivity contribution is 7.13. The molecule has 170 valence electrons. The summed E-state index contributed by atoms with van der Waals surface area (Å²) in [5, 5.41) is 2.58. The van der Waals surface area contributed by atoms with Crippen molar-refractivity contribution in [3.05, 3.63) is 52.3 Å². The zero-order valence-corrected chi connectivity index (χ0v) is 19.6. The second kappa shape index (κ2) is 10.3. The number of aryl methyl sites for hydroxylation is 1. The van der Waals surface area contributed by atoms with Crippen LogP contribution in [-0.4, -0.2) is 42.3 Å². The summed E-state index contributed by atoms with van der Waals surface area (Å²) >= 11 is 1.43. The molecule has 2 heterocycles. The third kappa shape index (κ3) is 4.94. The molecule has 0 bridgehead atoms. The Kier molecular flexibility index (Phi) is 7.53. The molecule has 0 aliphatic heterocycles. The molecule has 8 nitrogen and oxygen atoms in total. The number of ether oxygens (including phenoxy) is 4. The highest BCUT2D eigenvalue weighted by Gasteiger charge is 2.19. The van der Waals surface area contributed by atoms with Crippen molar-refractivity contribution in [1.82, 2.24) is 9.55 Å². The summed E-state index contributed by atoms with van der Waals surface area (Å²) in [6.07, 6.45) is 0. The van der Waals surface area contributed by atoms with Crippen molar-refractivity contribution in [2.75, 3.05) is 20.8 Å². The number of aromatic nitrogens is 2. The van der Waals surface area contributed by atoms with E-state index in [1.807, 2.05) is 30.5 Å². The third-order valence-electron chi connectivity index (χ3n) is 4.92. The molecule has 0 aliphatic rings. The van der Waals surface area contributed by atoms with Crippen LogP contribution in [0.4, 0.5) is 0 Å². The Bertz CT molecular complexity index is 1120. The molecule has 0 unspecified atom stereocenters. The predicted molar refractivity (Wildman–Crippen MR) is 120 cm³/mol. The van der Waals surface area contributed by atoms with Gasteiger partial charge in [0, 0.05) is 16.8 Å². The number of carbonyl (C=O) groups is 2. The molecule has 9 heteroatoms. The van der Waals surface area contributed by atoms with E-state index in [4.69, 9.17) is 18.9 Å². The van der Waals surface area contributed by atoms with Crippen molar-refractivity contribution >= 4 is 23.3 Å². The van der Waals surface area contributed by atoms with Gasteiger partial charge < -0.3 is 23.5 Å². The minimum atomic E-state index is -0.421. The second-order valence-electron chi connectivity index (χ2n) is 6.94. The van der Waals surface area contributed by atoms with Gasteiger partial charge in [-0.15, -0.1) is 11.3 Å². The number of carbonyl (C=O) groups excluding carboxylic acids is 2. The van der Waals surface area contributed by atoms with Gasteiger partial charge in [-0.05, 0) is 39.0 Å². The first-order valence-corrected chi connectivity index (χ1v) is 10.9. The van der Waals surface area contributed by atoms with E-state index >= 15 is 0 Å². The van der Waals surface area contributed by atoms with E-state index < -0.39 is 11.9 Å². The van der Waals surface area contributed by atoms with E-state index in [1.54, 1.807) is 38.7 Å². The van der Waals surface area contributed by atoms with Gasteiger partial charge in [-0.3, -0.25) is 4.79 Å². The van der Waals surface area contributed by atoms with Crippen molar-refractivity contribution in [2.45, 2.75) is 33.9 Å². The zero-order chi connectivity index (χ0) is 23.3. The van der Waals surface area contributed by atoms with E-state index in [0.29, 0.717) is 35.1 Å². The molecule has 0 N–H and O–H groups in total. The first kappa shape index (κ1) is 23.3. The SMILES string of the molecule is CCOC(=O)c1cc(C)n(CC(=O)OCc2csc(-c3cccc(OC)c3OC)n2)c1C. The van der Waals surface area contributed by atoms with Crippen LogP contribution in [0.1, 0.15) is 34.4 Å².